The van der Waals surface area contributed by atoms with Gasteiger partial charge in [-0.25, -0.2) is 0 Å². The van der Waals surface area contributed by atoms with Crippen molar-refractivity contribution in [2.24, 2.45) is 12.0 Å². The Morgan fingerprint density at radius 2 is 1.75 bits per heavy atom. The van der Waals surface area contributed by atoms with Gasteiger partial charge in [0, 0.05) is 44.6 Å². The highest BCUT2D eigenvalue weighted by Gasteiger charge is 2.00. The number of aliphatic imine (C=N–C) groups is 1. The van der Waals surface area contributed by atoms with Crippen LogP contribution in [-0.4, -0.2) is 17.6 Å². The van der Waals surface area contributed by atoms with Crippen molar-refractivity contribution < 1.29 is 0 Å². The van der Waals surface area contributed by atoms with Crippen molar-refractivity contribution in [1.82, 2.24) is 15.2 Å². The van der Waals surface area contributed by atoms with Crippen molar-refractivity contribution in [2.45, 2.75) is 13.1 Å². The quantitative estimate of drug-likeness (QED) is 0.671. The van der Waals surface area contributed by atoms with Crippen LogP contribution in [0.3, 0.4) is 0 Å². The van der Waals surface area contributed by atoms with Gasteiger partial charge in [0.05, 0.1) is 0 Å². The van der Waals surface area contributed by atoms with Crippen molar-refractivity contribution in [3.8, 4) is 0 Å². The van der Waals surface area contributed by atoms with Crippen LogP contribution in [0.4, 0.5) is 0 Å². The minimum atomic E-state index is 0.714. The van der Waals surface area contributed by atoms with Gasteiger partial charge in [-0.1, -0.05) is 23.7 Å². The predicted octanol–water partition coefficient (Wildman–Crippen LogP) is 2.54. The third kappa shape index (κ3) is 4.31. The molecule has 4 nitrogen and oxygen atoms in total. The molecular formula is C15H19ClN4. The number of rotatable bonds is 4. The Morgan fingerprint density at radius 3 is 2.30 bits per heavy atom. The van der Waals surface area contributed by atoms with Crippen LogP contribution in [0.1, 0.15) is 11.1 Å². The normalized spacial score (nSPS) is 11.4. The van der Waals surface area contributed by atoms with Crippen LogP contribution in [0.15, 0.2) is 47.7 Å². The van der Waals surface area contributed by atoms with Gasteiger partial charge in [0.25, 0.3) is 0 Å². The number of halogens is 1. The molecule has 5 heteroatoms. The molecular weight excluding hydrogens is 272 g/mol. The zero-order valence-corrected chi connectivity index (χ0v) is 12.5. The molecule has 0 aliphatic rings. The number of benzene rings is 1. The Hall–Kier alpha value is -1.94. The second kappa shape index (κ2) is 7.01. The van der Waals surface area contributed by atoms with Gasteiger partial charge < -0.3 is 15.2 Å². The molecule has 0 radical (unpaired) electrons. The van der Waals surface area contributed by atoms with Crippen LogP contribution in [0.2, 0.25) is 5.02 Å². The van der Waals surface area contributed by atoms with Crippen molar-refractivity contribution in [1.29, 1.82) is 0 Å². The third-order valence-corrected chi connectivity index (χ3v) is 3.20. The summed E-state index contributed by atoms with van der Waals surface area (Å²) in [5, 5.41) is 7.30. The summed E-state index contributed by atoms with van der Waals surface area (Å²) in [6.45, 7) is 1.47. The van der Waals surface area contributed by atoms with E-state index in [1.54, 1.807) is 7.05 Å². The molecule has 0 aliphatic heterocycles. The summed E-state index contributed by atoms with van der Waals surface area (Å²) in [6, 6.07) is 9.86. The zero-order valence-electron chi connectivity index (χ0n) is 11.7. The Bertz CT molecular complexity index is 572. The molecule has 0 spiro atoms. The maximum Gasteiger partial charge on any atom is 0.191 e. The summed E-state index contributed by atoms with van der Waals surface area (Å²) >= 11 is 5.86. The van der Waals surface area contributed by atoms with E-state index in [-0.39, 0.29) is 0 Å². The molecule has 2 N–H and O–H groups in total. The average Bonchev–Trinajstić information content (AvgIpc) is 2.87. The first-order valence-corrected chi connectivity index (χ1v) is 6.85. The lowest BCUT2D eigenvalue weighted by Gasteiger charge is -2.11. The molecule has 0 fully saturated rings. The lowest BCUT2D eigenvalue weighted by Crippen LogP contribution is -2.36. The van der Waals surface area contributed by atoms with Gasteiger partial charge in [0.2, 0.25) is 0 Å². The largest absolute Gasteiger partial charge is 0.357 e. The highest BCUT2D eigenvalue weighted by atomic mass is 35.5. The third-order valence-electron chi connectivity index (χ3n) is 2.95. The summed E-state index contributed by atoms with van der Waals surface area (Å²) in [6.07, 6.45) is 4.11. The Morgan fingerprint density at radius 1 is 1.10 bits per heavy atom. The molecule has 20 heavy (non-hydrogen) atoms. The van der Waals surface area contributed by atoms with E-state index in [1.165, 1.54) is 5.56 Å². The minimum Gasteiger partial charge on any atom is -0.357 e. The molecule has 2 aromatic rings. The SMILES string of the molecule is CN=C(NCc1ccc(Cl)cc1)NCc1ccn(C)c1. The zero-order chi connectivity index (χ0) is 14.4. The van der Waals surface area contributed by atoms with Gasteiger partial charge in [0.1, 0.15) is 0 Å². The van der Waals surface area contributed by atoms with Gasteiger partial charge in [-0.3, -0.25) is 4.99 Å². The first kappa shape index (κ1) is 14.5. The van der Waals surface area contributed by atoms with Crippen molar-refractivity contribution in [3.05, 3.63) is 58.9 Å². The van der Waals surface area contributed by atoms with Crippen LogP contribution in [0.5, 0.6) is 0 Å². The smallest absolute Gasteiger partial charge is 0.191 e. The number of nitrogens with zero attached hydrogens (tertiary/aromatic N) is 2. The van der Waals surface area contributed by atoms with E-state index in [2.05, 4.69) is 27.9 Å². The first-order valence-electron chi connectivity index (χ1n) is 6.47. The molecule has 1 aromatic carbocycles. The van der Waals surface area contributed by atoms with Crippen molar-refractivity contribution in [3.63, 3.8) is 0 Å². The monoisotopic (exact) mass is 290 g/mol. The Labute approximate surface area is 124 Å². The number of aryl methyl sites for hydroxylation is 1. The molecule has 0 bridgehead atoms. The van der Waals surface area contributed by atoms with Crippen LogP contribution in [0, 0.1) is 0 Å². The highest BCUT2D eigenvalue weighted by Crippen LogP contribution is 2.09. The topological polar surface area (TPSA) is 41.4 Å². The van der Waals surface area contributed by atoms with Gasteiger partial charge >= 0.3 is 0 Å². The van der Waals surface area contributed by atoms with Crippen molar-refractivity contribution in [2.75, 3.05) is 7.05 Å². The Balaban J connectivity index is 1.82. The molecule has 106 valence electrons. The van der Waals surface area contributed by atoms with Gasteiger partial charge in [-0.05, 0) is 29.3 Å². The fourth-order valence-corrected chi connectivity index (χ4v) is 1.99. The van der Waals surface area contributed by atoms with E-state index in [1.807, 2.05) is 42.1 Å². The molecule has 1 aromatic heterocycles. The van der Waals surface area contributed by atoms with Gasteiger partial charge in [-0.15, -0.1) is 0 Å². The number of nitrogens with one attached hydrogen (secondary N) is 2. The molecule has 0 saturated heterocycles. The van der Waals surface area contributed by atoms with E-state index in [0.29, 0.717) is 6.54 Å². The summed E-state index contributed by atoms with van der Waals surface area (Å²) in [5.74, 6) is 0.781. The molecule has 0 unspecified atom stereocenters. The van der Waals surface area contributed by atoms with Crippen LogP contribution in [-0.2, 0) is 20.1 Å². The molecule has 0 saturated carbocycles. The average molecular weight is 291 g/mol. The fourth-order valence-electron chi connectivity index (χ4n) is 1.86. The number of hydrogen-bond acceptors (Lipinski definition) is 1. The van der Waals surface area contributed by atoms with Crippen LogP contribution in [0.25, 0.3) is 0 Å². The maximum absolute atomic E-state index is 5.86. The summed E-state index contributed by atoms with van der Waals surface area (Å²) < 4.78 is 2.03. The minimum absolute atomic E-state index is 0.714. The van der Waals surface area contributed by atoms with Gasteiger partial charge in [0.15, 0.2) is 5.96 Å². The molecule has 2 rings (SSSR count). The standard InChI is InChI=1S/C15H19ClN4/c1-17-15(19-10-13-7-8-20(2)11-13)18-9-12-3-5-14(16)6-4-12/h3-8,11H,9-10H2,1-2H3,(H2,17,18,19). The molecule has 1 heterocycles. The lowest BCUT2D eigenvalue weighted by atomic mass is 10.2. The van der Waals surface area contributed by atoms with Crippen LogP contribution >= 0.6 is 11.6 Å². The molecule has 0 aliphatic carbocycles. The highest BCUT2D eigenvalue weighted by molar-refractivity contribution is 6.30. The molecule has 0 atom stereocenters. The maximum atomic E-state index is 5.86. The first-order chi connectivity index (χ1) is 9.67. The van der Waals surface area contributed by atoms with E-state index >= 15 is 0 Å². The molecule has 0 amide bonds. The van der Waals surface area contributed by atoms with Crippen LogP contribution < -0.4 is 10.6 Å². The van der Waals surface area contributed by atoms with Crippen molar-refractivity contribution >= 4 is 17.6 Å². The second-order valence-electron chi connectivity index (χ2n) is 4.59. The van der Waals surface area contributed by atoms with E-state index in [9.17, 15) is 0 Å². The van der Waals surface area contributed by atoms with E-state index in [4.69, 9.17) is 11.6 Å². The van der Waals surface area contributed by atoms with Gasteiger partial charge in [-0.2, -0.15) is 0 Å². The predicted molar refractivity (Wildman–Crippen MR) is 83.9 cm³/mol. The summed E-state index contributed by atoms with van der Waals surface area (Å²) in [5.41, 5.74) is 2.39. The summed E-state index contributed by atoms with van der Waals surface area (Å²) in [4.78, 5) is 4.20. The number of hydrogen-bond donors (Lipinski definition) is 2. The fraction of sp³-hybridized carbons (Fsp3) is 0.267. The second-order valence-corrected chi connectivity index (χ2v) is 5.03. The number of guanidine groups is 1. The Kier molecular flexibility index (Phi) is 5.07. The van der Waals surface area contributed by atoms with E-state index < -0.39 is 0 Å². The summed E-state index contributed by atoms with van der Waals surface area (Å²) in [7, 11) is 3.78. The lowest BCUT2D eigenvalue weighted by molar-refractivity contribution is 0.806. The number of aromatic nitrogens is 1. The van der Waals surface area contributed by atoms with E-state index in [0.717, 1.165) is 23.1 Å².